The van der Waals surface area contributed by atoms with Crippen molar-refractivity contribution in [3.05, 3.63) is 46.9 Å². The highest BCUT2D eigenvalue weighted by Gasteiger charge is 2.07. The molecule has 0 fully saturated rings. The third-order valence-corrected chi connectivity index (χ3v) is 4.10. The van der Waals surface area contributed by atoms with Gasteiger partial charge in [0.2, 0.25) is 0 Å². The fourth-order valence-electron chi connectivity index (χ4n) is 1.55. The van der Waals surface area contributed by atoms with Crippen molar-refractivity contribution in [3.8, 4) is 0 Å². The molecule has 17 heavy (non-hydrogen) atoms. The molecule has 90 valence electrons. The summed E-state index contributed by atoms with van der Waals surface area (Å²) in [6.45, 7) is 2.59. The lowest BCUT2D eigenvalue weighted by molar-refractivity contribution is 0.527. The Hall–Kier alpha value is -0.900. The van der Waals surface area contributed by atoms with E-state index in [1.54, 1.807) is 18.0 Å². The number of furan rings is 1. The van der Waals surface area contributed by atoms with Crippen LogP contribution in [0, 0.1) is 6.92 Å². The standard InChI is InChI=1S/C13H14ClNOS/c1-9-12(5-7-16-9)17-13-3-2-10(4-6-15)8-11(13)14/h2-3,5,7-8H,4,6,15H2,1H3. The van der Waals surface area contributed by atoms with Crippen molar-refractivity contribution in [1.29, 1.82) is 0 Å². The molecule has 1 aromatic carbocycles. The van der Waals surface area contributed by atoms with Gasteiger partial charge in [-0.1, -0.05) is 29.4 Å². The highest BCUT2D eigenvalue weighted by Crippen LogP contribution is 2.35. The van der Waals surface area contributed by atoms with E-state index in [-0.39, 0.29) is 0 Å². The van der Waals surface area contributed by atoms with E-state index in [0.717, 1.165) is 27.0 Å². The molecule has 2 aromatic rings. The maximum absolute atomic E-state index is 6.24. The van der Waals surface area contributed by atoms with Gasteiger partial charge in [-0.05, 0) is 43.7 Å². The van der Waals surface area contributed by atoms with E-state index in [0.29, 0.717) is 6.54 Å². The Morgan fingerprint density at radius 2 is 2.12 bits per heavy atom. The summed E-state index contributed by atoms with van der Waals surface area (Å²) >= 11 is 7.86. The van der Waals surface area contributed by atoms with Gasteiger partial charge in [0, 0.05) is 4.90 Å². The number of aryl methyl sites for hydroxylation is 1. The molecule has 0 radical (unpaired) electrons. The van der Waals surface area contributed by atoms with Crippen LogP contribution in [-0.2, 0) is 6.42 Å². The van der Waals surface area contributed by atoms with Gasteiger partial charge in [-0.25, -0.2) is 0 Å². The summed E-state index contributed by atoms with van der Waals surface area (Å²) in [5.74, 6) is 0.914. The summed E-state index contributed by atoms with van der Waals surface area (Å²) < 4.78 is 5.26. The number of hydrogen-bond acceptors (Lipinski definition) is 3. The van der Waals surface area contributed by atoms with Crippen LogP contribution in [0.3, 0.4) is 0 Å². The summed E-state index contributed by atoms with van der Waals surface area (Å²) in [7, 11) is 0. The lowest BCUT2D eigenvalue weighted by Crippen LogP contribution is -2.02. The lowest BCUT2D eigenvalue weighted by Gasteiger charge is -2.05. The molecule has 0 spiro atoms. The Morgan fingerprint density at radius 3 is 2.71 bits per heavy atom. The molecule has 0 aliphatic heterocycles. The van der Waals surface area contributed by atoms with Gasteiger partial charge >= 0.3 is 0 Å². The molecule has 0 amide bonds. The van der Waals surface area contributed by atoms with E-state index in [1.807, 2.05) is 25.1 Å². The molecule has 0 aliphatic carbocycles. The van der Waals surface area contributed by atoms with Crippen LogP contribution in [0.1, 0.15) is 11.3 Å². The third-order valence-electron chi connectivity index (χ3n) is 2.46. The molecule has 2 N–H and O–H groups in total. The van der Waals surface area contributed by atoms with Crippen molar-refractivity contribution >= 4 is 23.4 Å². The summed E-state index contributed by atoms with van der Waals surface area (Å²) in [6, 6.07) is 8.03. The molecule has 2 nitrogen and oxygen atoms in total. The Labute approximate surface area is 110 Å². The largest absolute Gasteiger partial charge is 0.468 e. The molecular formula is C13H14ClNOS. The first kappa shape index (κ1) is 12.6. The maximum atomic E-state index is 6.24. The quantitative estimate of drug-likeness (QED) is 0.913. The zero-order valence-electron chi connectivity index (χ0n) is 9.57. The SMILES string of the molecule is Cc1occc1Sc1ccc(CCN)cc1Cl. The predicted octanol–water partition coefficient (Wildman–Crippen LogP) is 3.89. The molecule has 0 saturated carbocycles. The molecule has 0 bridgehead atoms. The Morgan fingerprint density at radius 1 is 1.29 bits per heavy atom. The van der Waals surface area contributed by atoms with Gasteiger partial charge < -0.3 is 10.2 Å². The van der Waals surface area contributed by atoms with Crippen LogP contribution >= 0.6 is 23.4 Å². The highest BCUT2D eigenvalue weighted by atomic mass is 35.5. The van der Waals surface area contributed by atoms with E-state index >= 15 is 0 Å². The first-order chi connectivity index (χ1) is 8.20. The van der Waals surface area contributed by atoms with E-state index in [2.05, 4.69) is 6.07 Å². The van der Waals surface area contributed by atoms with Gasteiger partial charge in [-0.3, -0.25) is 0 Å². The van der Waals surface area contributed by atoms with Gasteiger partial charge in [-0.2, -0.15) is 0 Å². The number of nitrogens with two attached hydrogens (primary N) is 1. The molecule has 1 aromatic heterocycles. The van der Waals surface area contributed by atoms with Crippen molar-refractivity contribution in [1.82, 2.24) is 0 Å². The number of rotatable bonds is 4. The smallest absolute Gasteiger partial charge is 0.114 e. The summed E-state index contributed by atoms with van der Waals surface area (Å²) in [5.41, 5.74) is 6.69. The fraction of sp³-hybridized carbons (Fsp3) is 0.231. The van der Waals surface area contributed by atoms with Crippen LogP contribution in [-0.4, -0.2) is 6.54 Å². The van der Waals surface area contributed by atoms with Crippen molar-refractivity contribution in [2.24, 2.45) is 5.73 Å². The molecule has 4 heteroatoms. The predicted molar refractivity (Wildman–Crippen MR) is 71.8 cm³/mol. The lowest BCUT2D eigenvalue weighted by atomic mass is 10.1. The van der Waals surface area contributed by atoms with Crippen molar-refractivity contribution in [2.75, 3.05) is 6.54 Å². The number of hydrogen-bond donors (Lipinski definition) is 1. The second-order valence-corrected chi connectivity index (χ2v) is 5.24. The van der Waals surface area contributed by atoms with Gasteiger partial charge in [-0.15, -0.1) is 0 Å². The number of halogens is 1. The minimum Gasteiger partial charge on any atom is -0.468 e. The van der Waals surface area contributed by atoms with Crippen molar-refractivity contribution in [2.45, 2.75) is 23.1 Å². The Bertz CT molecular complexity index is 510. The minimum absolute atomic E-state index is 0.643. The minimum atomic E-state index is 0.643. The molecule has 0 unspecified atom stereocenters. The topological polar surface area (TPSA) is 39.2 Å². The van der Waals surface area contributed by atoms with Gasteiger partial charge in [0.25, 0.3) is 0 Å². The van der Waals surface area contributed by atoms with Crippen LogP contribution in [0.2, 0.25) is 5.02 Å². The molecular weight excluding hydrogens is 254 g/mol. The van der Waals surface area contributed by atoms with Gasteiger partial charge in [0.05, 0.1) is 16.2 Å². The first-order valence-electron chi connectivity index (χ1n) is 5.41. The fourth-order valence-corrected chi connectivity index (χ4v) is 2.71. The van der Waals surface area contributed by atoms with E-state index in [4.69, 9.17) is 21.8 Å². The van der Waals surface area contributed by atoms with Crippen molar-refractivity contribution < 1.29 is 4.42 Å². The molecule has 2 rings (SSSR count). The summed E-state index contributed by atoms with van der Waals surface area (Å²) in [4.78, 5) is 2.13. The molecule has 0 atom stereocenters. The third kappa shape index (κ3) is 3.06. The first-order valence-corrected chi connectivity index (χ1v) is 6.60. The van der Waals surface area contributed by atoms with E-state index in [1.165, 1.54) is 5.56 Å². The maximum Gasteiger partial charge on any atom is 0.114 e. The van der Waals surface area contributed by atoms with Crippen LogP contribution in [0.15, 0.2) is 44.7 Å². The highest BCUT2D eigenvalue weighted by molar-refractivity contribution is 7.99. The van der Waals surface area contributed by atoms with E-state index < -0.39 is 0 Å². The van der Waals surface area contributed by atoms with Gasteiger partial charge in [0.1, 0.15) is 5.76 Å². The van der Waals surface area contributed by atoms with Gasteiger partial charge in [0.15, 0.2) is 0 Å². The summed E-state index contributed by atoms with van der Waals surface area (Å²) in [5, 5.41) is 0.765. The second-order valence-electron chi connectivity index (χ2n) is 3.75. The Balaban J connectivity index is 2.19. The molecule has 1 heterocycles. The van der Waals surface area contributed by atoms with Crippen molar-refractivity contribution in [3.63, 3.8) is 0 Å². The molecule has 0 saturated heterocycles. The Kier molecular flexibility index (Phi) is 4.15. The normalized spacial score (nSPS) is 10.8. The van der Waals surface area contributed by atoms with E-state index in [9.17, 15) is 0 Å². The second kappa shape index (κ2) is 5.63. The molecule has 0 aliphatic rings. The average Bonchev–Trinajstić information content (AvgIpc) is 2.69. The number of benzene rings is 1. The van der Waals surface area contributed by atoms with Crippen LogP contribution < -0.4 is 5.73 Å². The van der Waals surface area contributed by atoms with Crippen LogP contribution in [0.25, 0.3) is 0 Å². The van der Waals surface area contributed by atoms with Crippen LogP contribution in [0.5, 0.6) is 0 Å². The summed E-state index contributed by atoms with van der Waals surface area (Å²) in [6.07, 6.45) is 2.55. The average molecular weight is 268 g/mol. The zero-order valence-corrected chi connectivity index (χ0v) is 11.1. The monoisotopic (exact) mass is 267 g/mol. The van der Waals surface area contributed by atoms with Crippen LogP contribution in [0.4, 0.5) is 0 Å². The zero-order chi connectivity index (χ0) is 12.3.